The lowest BCUT2D eigenvalue weighted by molar-refractivity contribution is -0.117. The quantitative estimate of drug-likeness (QED) is 0.592. The Morgan fingerprint density at radius 3 is 2.47 bits per heavy atom. The second-order valence-corrected chi connectivity index (χ2v) is 8.03. The van der Waals surface area contributed by atoms with Gasteiger partial charge in [-0.05, 0) is 24.3 Å². The summed E-state index contributed by atoms with van der Waals surface area (Å²) in [7, 11) is -2.18. The van der Waals surface area contributed by atoms with E-state index >= 15 is 0 Å². The molecule has 1 N–H and O–H groups in total. The van der Waals surface area contributed by atoms with Crippen LogP contribution < -0.4 is 14.6 Å². The normalized spacial score (nSPS) is 11.8. The minimum absolute atomic E-state index is 0.0789. The highest BCUT2D eigenvalue weighted by molar-refractivity contribution is 7.92. The summed E-state index contributed by atoms with van der Waals surface area (Å²) in [6.07, 6.45) is 0.0789. The van der Waals surface area contributed by atoms with Crippen LogP contribution in [0.5, 0.6) is 5.75 Å². The maximum atomic E-state index is 14.8. The molecule has 0 saturated heterocycles. The predicted octanol–water partition coefficient (Wildman–Crippen LogP) is 3.86. The molecular formula is C19H21F3N2O5S. The van der Waals surface area contributed by atoms with Crippen LogP contribution in [0.15, 0.2) is 47.4 Å². The van der Waals surface area contributed by atoms with Gasteiger partial charge in [0.05, 0.1) is 25.8 Å². The molecule has 0 aliphatic rings. The topological polar surface area (TPSA) is 84.9 Å². The van der Waals surface area contributed by atoms with Crippen LogP contribution in [0.2, 0.25) is 0 Å². The van der Waals surface area contributed by atoms with Gasteiger partial charge in [-0.15, -0.1) is 0 Å². The van der Waals surface area contributed by atoms with Crippen LogP contribution in [0, 0.1) is 0 Å². The summed E-state index contributed by atoms with van der Waals surface area (Å²) in [6.45, 7) is 0.813. The third kappa shape index (κ3) is 5.42. The van der Waals surface area contributed by atoms with Gasteiger partial charge in [0.1, 0.15) is 10.6 Å². The molecular weight excluding hydrogens is 425 g/mol. The molecule has 0 aliphatic heterocycles. The van der Waals surface area contributed by atoms with Crippen molar-refractivity contribution in [1.82, 2.24) is 0 Å². The molecule has 2 aromatic rings. The first-order valence-electron chi connectivity index (χ1n) is 8.67. The molecule has 2 rings (SSSR count). The largest absolute Gasteiger partial charge is 0.495 e. The van der Waals surface area contributed by atoms with E-state index in [-0.39, 0.29) is 30.4 Å². The molecule has 0 fully saturated rings. The number of alkyl halides is 2. The second kappa shape index (κ2) is 9.35. The first-order chi connectivity index (χ1) is 14.0. The summed E-state index contributed by atoms with van der Waals surface area (Å²) in [5.41, 5.74) is -0.906. The van der Waals surface area contributed by atoms with Gasteiger partial charge in [-0.1, -0.05) is 21.1 Å². The summed E-state index contributed by atoms with van der Waals surface area (Å²) in [4.78, 5) is 11.2. The number of sulfonamides is 1. The number of amides is 1. The van der Waals surface area contributed by atoms with Crippen molar-refractivity contribution in [3.8, 4) is 5.75 Å². The zero-order chi connectivity index (χ0) is 22.5. The molecule has 0 spiro atoms. The molecule has 0 atom stereocenters. The van der Waals surface area contributed by atoms with Crippen molar-refractivity contribution in [3.05, 3.63) is 48.0 Å². The van der Waals surface area contributed by atoms with E-state index in [1.54, 1.807) is 0 Å². The number of rotatable bonds is 9. The Bertz CT molecular complexity index is 1010. The lowest BCUT2D eigenvalue weighted by atomic mass is 10.1. The summed E-state index contributed by atoms with van der Waals surface area (Å²) >= 11 is 0. The smallest absolute Gasteiger partial charge is 0.294 e. The van der Waals surface area contributed by atoms with Gasteiger partial charge in [-0.25, -0.2) is 8.78 Å². The van der Waals surface area contributed by atoms with Crippen molar-refractivity contribution in [2.75, 3.05) is 30.7 Å². The predicted molar refractivity (Wildman–Crippen MR) is 105 cm³/mol. The highest BCUT2D eigenvalue weighted by Gasteiger charge is 2.31. The van der Waals surface area contributed by atoms with E-state index in [0.717, 1.165) is 30.3 Å². The van der Waals surface area contributed by atoms with Crippen LogP contribution in [0.25, 0.3) is 0 Å². The number of hydrogen-bond donors (Lipinski definition) is 1. The number of hydrogen-bond acceptors (Lipinski definition) is 5. The number of methoxy groups -OCH3 is 2. The van der Waals surface area contributed by atoms with Crippen LogP contribution in [-0.4, -0.2) is 35.2 Å². The summed E-state index contributed by atoms with van der Waals surface area (Å²) in [6, 6.07) is 7.49. The van der Waals surface area contributed by atoms with Crippen LogP contribution >= 0.6 is 0 Å². The van der Waals surface area contributed by atoms with Gasteiger partial charge in [-0.2, -0.15) is 8.42 Å². The lowest BCUT2D eigenvalue weighted by Crippen LogP contribution is -2.23. The molecule has 0 unspecified atom stereocenters. The maximum Gasteiger partial charge on any atom is 0.294 e. The Morgan fingerprint density at radius 1 is 1.17 bits per heavy atom. The molecule has 7 nitrogen and oxygen atoms in total. The summed E-state index contributed by atoms with van der Waals surface area (Å²) in [5.74, 6) is -3.89. The van der Waals surface area contributed by atoms with Gasteiger partial charge in [0, 0.05) is 31.4 Å². The first kappa shape index (κ1) is 23.5. The maximum absolute atomic E-state index is 14.8. The highest BCUT2D eigenvalue weighted by Crippen LogP contribution is 2.35. The van der Waals surface area contributed by atoms with Gasteiger partial charge >= 0.3 is 0 Å². The highest BCUT2D eigenvalue weighted by atomic mass is 32.2. The minimum Gasteiger partial charge on any atom is -0.495 e. The summed E-state index contributed by atoms with van der Waals surface area (Å²) in [5, 5.41) is 2.53. The van der Waals surface area contributed by atoms with Crippen LogP contribution in [0.4, 0.5) is 24.6 Å². The molecule has 30 heavy (non-hydrogen) atoms. The van der Waals surface area contributed by atoms with E-state index in [1.807, 2.05) is 0 Å². The molecule has 0 aliphatic carbocycles. The lowest BCUT2D eigenvalue weighted by Gasteiger charge is -2.19. The number of carbonyl (C=O) groups is 1. The third-order valence-corrected chi connectivity index (χ3v) is 5.55. The SMILES string of the molecule is COCCC(=O)Nc1ccc(S(=O)(=O)N(F)c2cccc(C(C)(F)F)c2)c(OC)c1. The Balaban J connectivity index is 2.36. The number of nitrogens with zero attached hydrogens (tertiary/aromatic N) is 1. The monoisotopic (exact) mass is 446 g/mol. The molecule has 0 heterocycles. The number of halogens is 3. The van der Waals surface area contributed by atoms with Crippen LogP contribution in [0.1, 0.15) is 18.9 Å². The molecule has 164 valence electrons. The van der Waals surface area contributed by atoms with Crippen molar-refractivity contribution in [3.63, 3.8) is 0 Å². The Morgan fingerprint density at radius 2 is 1.87 bits per heavy atom. The van der Waals surface area contributed by atoms with Crippen molar-refractivity contribution in [2.24, 2.45) is 0 Å². The van der Waals surface area contributed by atoms with Gasteiger partial charge in [-0.3, -0.25) is 4.79 Å². The van der Waals surface area contributed by atoms with E-state index in [0.29, 0.717) is 6.92 Å². The van der Waals surface area contributed by atoms with Gasteiger partial charge < -0.3 is 14.8 Å². The fraction of sp³-hybridized carbons (Fsp3) is 0.316. The fourth-order valence-corrected chi connectivity index (χ4v) is 3.69. The molecule has 2 aromatic carbocycles. The third-order valence-electron chi connectivity index (χ3n) is 4.03. The number of carbonyl (C=O) groups excluding carboxylic acids is 1. The zero-order valence-electron chi connectivity index (χ0n) is 16.5. The molecule has 11 heteroatoms. The van der Waals surface area contributed by atoms with E-state index in [2.05, 4.69) is 5.32 Å². The van der Waals surface area contributed by atoms with Gasteiger partial charge in [0.2, 0.25) is 5.91 Å². The summed E-state index contributed by atoms with van der Waals surface area (Å²) < 4.78 is 76.5. The van der Waals surface area contributed by atoms with Crippen molar-refractivity contribution in [1.29, 1.82) is 0 Å². The van der Waals surface area contributed by atoms with E-state index in [1.165, 1.54) is 26.4 Å². The zero-order valence-corrected chi connectivity index (χ0v) is 17.3. The molecule has 0 aromatic heterocycles. The second-order valence-electron chi connectivity index (χ2n) is 6.32. The first-order valence-corrected chi connectivity index (χ1v) is 10.1. The van der Waals surface area contributed by atoms with E-state index < -0.39 is 36.6 Å². The van der Waals surface area contributed by atoms with Crippen molar-refractivity contribution >= 4 is 27.3 Å². The number of ether oxygens (including phenoxy) is 2. The molecule has 0 radical (unpaired) electrons. The Kier molecular flexibility index (Phi) is 7.32. The molecule has 0 saturated carbocycles. The van der Waals surface area contributed by atoms with Gasteiger partial charge in [0.25, 0.3) is 15.9 Å². The Hall–Kier alpha value is -2.79. The molecule has 0 bridgehead atoms. The Labute approximate surface area is 172 Å². The standard InChI is InChI=1S/C19H21F3N2O5S/c1-19(20,21)13-5-4-6-15(11-13)24(22)30(26,27)17-8-7-14(12-16(17)29-3)23-18(25)9-10-28-2/h4-8,11-12H,9-10H2,1-3H3,(H,23,25). The number of anilines is 2. The van der Waals surface area contributed by atoms with E-state index in [9.17, 15) is 26.5 Å². The van der Waals surface area contributed by atoms with Crippen LogP contribution in [-0.2, 0) is 25.5 Å². The van der Waals surface area contributed by atoms with Crippen molar-refractivity contribution < 1.29 is 35.9 Å². The van der Waals surface area contributed by atoms with Crippen LogP contribution in [0.3, 0.4) is 0 Å². The average Bonchev–Trinajstić information content (AvgIpc) is 2.70. The van der Waals surface area contributed by atoms with Crippen molar-refractivity contribution in [2.45, 2.75) is 24.2 Å². The average molecular weight is 446 g/mol. The minimum atomic E-state index is -4.79. The molecule has 1 amide bonds. The number of benzene rings is 2. The van der Waals surface area contributed by atoms with Gasteiger partial charge in [0.15, 0.2) is 0 Å². The van der Waals surface area contributed by atoms with E-state index in [4.69, 9.17) is 9.47 Å². The number of nitrogens with one attached hydrogen (secondary N) is 1. The fourth-order valence-electron chi connectivity index (χ4n) is 2.49.